The van der Waals surface area contributed by atoms with Gasteiger partial charge in [-0.3, -0.25) is 0 Å². The van der Waals surface area contributed by atoms with Gasteiger partial charge in [-0.1, -0.05) is 18.9 Å². The number of benzene rings is 1. The standard InChI is InChI=1S/C17H26N2O/c1-19-11-5-6-13-15(19)8-7-14(16(13)20-2)17(12-18)9-3-4-10-17/h7-8H,3-6,9-12,18H2,1-2H3. The van der Waals surface area contributed by atoms with Crippen LogP contribution in [0.2, 0.25) is 0 Å². The molecular formula is C17H26N2O. The molecule has 0 amide bonds. The number of fused-ring (bicyclic) bond motifs is 1. The van der Waals surface area contributed by atoms with Crippen LogP contribution in [0.4, 0.5) is 5.69 Å². The van der Waals surface area contributed by atoms with Gasteiger partial charge in [0.1, 0.15) is 5.75 Å². The molecule has 1 heterocycles. The third-order valence-electron chi connectivity index (χ3n) is 5.29. The lowest BCUT2D eigenvalue weighted by Gasteiger charge is -2.34. The lowest BCUT2D eigenvalue weighted by atomic mass is 9.77. The second-order valence-electron chi connectivity index (χ2n) is 6.36. The van der Waals surface area contributed by atoms with E-state index in [0.29, 0.717) is 0 Å². The summed E-state index contributed by atoms with van der Waals surface area (Å²) in [4.78, 5) is 2.34. The van der Waals surface area contributed by atoms with Crippen LogP contribution in [-0.2, 0) is 11.8 Å². The first-order chi connectivity index (χ1) is 9.72. The Kier molecular flexibility index (Phi) is 3.63. The molecule has 0 atom stereocenters. The smallest absolute Gasteiger partial charge is 0.127 e. The molecule has 1 aromatic rings. The maximum Gasteiger partial charge on any atom is 0.127 e. The van der Waals surface area contributed by atoms with E-state index in [1.165, 1.54) is 48.9 Å². The van der Waals surface area contributed by atoms with Crippen LogP contribution in [0, 0.1) is 0 Å². The Balaban J connectivity index is 2.12. The summed E-state index contributed by atoms with van der Waals surface area (Å²) in [7, 11) is 3.98. The van der Waals surface area contributed by atoms with Crippen molar-refractivity contribution in [2.24, 2.45) is 5.73 Å². The first kappa shape index (κ1) is 13.7. The van der Waals surface area contributed by atoms with Crippen LogP contribution in [0.25, 0.3) is 0 Å². The van der Waals surface area contributed by atoms with E-state index < -0.39 is 0 Å². The number of ether oxygens (including phenoxy) is 1. The molecular weight excluding hydrogens is 248 g/mol. The van der Waals surface area contributed by atoms with Crippen molar-refractivity contribution in [2.45, 2.75) is 43.9 Å². The van der Waals surface area contributed by atoms with Gasteiger partial charge in [0.2, 0.25) is 0 Å². The van der Waals surface area contributed by atoms with Gasteiger partial charge >= 0.3 is 0 Å². The summed E-state index contributed by atoms with van der Waals surface area (Å²) < 4.78 is 5.85. The van der Waals surface area contributed by atoms with Crippen LogP contribution >= 0.6 is 0 Å². The molecule has 0 unspecified atom stereocenters. The number of nitrogens with zero attached hydrogens (tertiary/aromatic N) is 1. The Morgan fingerprint density at radius 2 is 2.00 bits per heavy atom. The number of methoxy groups -OCH3 is 1. The van der Waals surface area contributed by atoms with Gasteiger partial charge in [-0.25, -0.2) is 0 Å². The van der Waals surface area contributed by atoms with Crippen molar-refractivity contribution >= 4 is 5.69 Å². The molecule has 1 aliphatic carbocycles. The summed E-state index contributed by atoms with van der Waals surface area (Å²) in [5.74, 6) is 1.11. The quantitative estimate of drug-likeness (QED) is 0.921. The molecule has 20 heavy (non-hydrogen) atoms. The summed E-state index contributed by atoms with van der Waals surface area (Å²) in [5, 5.41) is 0. The van der Waals surface area contributed by atoms with Crippen molar-refractivity contribution in [3.05, 3.63) is 23.3 Å². The number of hydrogen-bond acceptors (Lipinski definition) is 3. The van der Waals surface area contributed by atoms with Crippen molar-refractivity contribution in [2.75, 3.05) is 32.1 Å². The maximum absolute atomic E-state index is 6.16. The van der Waals surface area contributed by atoms with E-state index >= 15 is 0 Å². The highest BCUT2D eigenvalue weighted by atomic mass is 16.5. The number of nitrogens with two attached hydrogens (primary N) is 1. The third-order valence-corrected chi connectivity index (χ3v) is 5.29. The Hall–Kier alpha value is -1.22. The summed E-state index contributed by atoms with van der Waals surface area (Å²) in [6.07, 6.45) is 7.31. The Morgan fingerprint density at radius 1 is 1.25 bits per heavy atom. The lowest BCUT2D eigenvalue weighted by Crippen LogP contribution is -2.33. The molecule has 0 aromatic heterocycles. The first-order valence-electron chi connectivity index (χ1n) is 7.83. The molecule has 2 aliphatic rings. The Morgan fingerprint density at radius 3 is 2.65 bits per heavy atom. The van der Waals surface area contributed by atoms with Crippen molar-refractivity contribution in [1.29, 1.82) is 0 Å². The van der Waals surface area contributed by atoms with Gasteiger partial charge in [0.25, 0.3) is 0 Å². The highest BCUT2D eigenvalue weighted by Crippen LogP contribution is 2.47. The second kappa shape index (κ2) is 5.28. The van der Waals surface area contributed by atoms with Crippen LogP contribution in [-0.4, -0.2) is 27.2 Å². The minimum atomic E-state index is 0.149. The average molecular weight is 274 g/mol. The lowest BCUT2D eigenvalue weighted by molar-refractivity contribution is 0.372. The molecule has 3 rings (SSSR count). The molecule has 2 N–H and O–H groups in total. The first-order valence-corrected chi connectivity index (χ1v) is 7.83. The molecule has 1 aliphatic heterocycles. The van der Waals surface area contributed by atoms with E-state index in [1.807, 2.05) is 7.11 Å². The van der Waals surface area contributed by atoms with E-state index in [2.05, 4.69) is 24.1 Å². The minimum absolute atomic E-state index is 0.149. The topological polar surface area (TPSA) is 38.5 Å². The van der Waals surface area contributed by atoms with Crippen molar-refractivity contribution < 1.29 is 4.74 Å². The molecule has 1 fully saturated rings. The van der Waals surface area contributed by atoms with Gasteiger partial charge in [0.15, 0.2) is 0 Å². The molecule has 0 bridgehead atoms. The summed E-state index contributed by atoms with van der Waals surface area (Å²) in [6, 6.07) is 4.56. The summed E-state index contributed by atoms with van der Waals surface area (Å²) in [5.41, 5.74) is 10.4. The second-order valence-corrected chi connectivity index (χ2v) is 6.36. The number of hydrogen-bond donors (Lipinski definition) is 1. The number of anilines is 1. The van der Waals surface area contributed by atoms with Crippen LogP contribution in [0.15, 0.2) is 12.1 Å². The highest BCUT2D eigenvalue weighted by molar-refractivity contribution is 5.64. The Bertz CT molecular complexity index is 492. The fourth-order valence-electron chi connectivity index (χ4n) is 4.12. The predicted molar refractivity (Wildman–Crippen MR) is 83.8 cm³/mol. The molecule has 3 heteroatoms. The summed E-state index contributed by atoms with van der Waals surface area (Å²) >= 11 is 0. The van der Waals surface area contributed by atoms with E-state index in [-0.39, 0.29) is 5.41 Å². The molecule has 1 aromatic carbocycles. The van der Waals surface area contributed by atoms with Crippen molar-refractivity contribution in [3.8, 4) is 5.75 Å². The molecule has 110 valence electrons. The SMILES string of the molecule is COc1c(C2(CN)CCCC2)ccc2c1CCCN2C. The predicted octanol–water partition coefficient (Wildman–Crippen LogP) is 2.85. The van der Waals surface area contributed by atoms with E-state index in [9.17, 15) is 0 Å². The molecule has 1 saturated carbocycles. The van der Waals surface area contributed by atoms with Gasteiger partial charge < -0.3 is 15.4 Å². The fraction of sp³-hybridized carbons (Fsp3) is 0.647. The zero-order chi connectivity index (χ0) is 14.2. The Labute approximate surface area is 122 Å². The van der Waals surface area contributed by atoms with E-state index in [1.54, 1.807) is 0 Å². The average Bonchev–Trinajstić information content (AvgIpc) is 2.96. The third kappa shape index (κ3) is 1.99. The van der Waals surface area contributed by atoms with Gasteiger partial charge in [0.05, 0.1) is 7.11 Å². The highest BCUT2D eigenvalue weighted by Gasteiger charge is 2.38. The van der Waals surface area contributed by atoms with E-state index in [0.717, 1.165) is 25.3 Å². The minimum Gasteiger partial charge on any atom is -0.496 e. The molecule has 0 radical (unpaired) electrons. The van der Waals surface area contributed by atoms with Gasteiger partial charge in [-0.05, 0) is 31.7 Å². The number of rotatable bonds is 3. The van der Waals surface area contributed by atoms with Crippen LogP contribution in [0.5, 0.6) is 5.75 Å². The van der Waals surface area contributed by atoms with Crippen LogP contribution < -0.4 is 15.4 Å². The monoisotopic (exact) mass is 274 g/mol. The zero-order valence-electron chi connectivity index (χ0n) is 12.7. The molecule has 0 saturated heterocycles. The maximum atomic E-state index is 6.16. The normalized spacial score (nSPS) is 20.9. The van der Waals surface area contributed by atoms with Gasteiger partial charge in [-0.15, -0.1) is 0 Å². The van der Waals surface area contributed by atoms with Crippen molar-refractivity contribution in [3.63, 3.8) is 0 Å². The largest absolute Gasteiger partial charge is 0.496 e. The van der Waals surface area contributed by atoms with Crippen LogP contribution in [0.1, 0.15) is 43.2 Å². The molecule has 3 nitrogen and oxygen atoms in total. The van der Waals surface area contributed by atoms with Gasteiger partial charge in [-0.2, -0.15) is 0 Å². The van der Waals surface area contributed by atoms with Gasteiger partial charge in [0, 0.05) is 42.4 Å². The summed E-state index contributed by atoms with van der Waals surface area (Å²) in [6.45, 7) is 1.87. The molecule has 0 spiro atoms. The zero-order valence-corrected chi connectivity index (χ0v) is 12.7. The van der Waals surface area contributed by atoms with Crippen LogP contribution in [0.3, 0.4) is 0 Å². The van der Waals surface area contributed by atoms with E-state index in [4.69, 9.17) is 10.5 Å². The van der Waals surface area contributed by atoms with Crippen molar-refractivity contribution in [1.82, 2.24) is 0 Å². The fourth-order valence-corrected chi connectivity index (χ4v) is 4.12.